The van der Waals surface area contributed by atoms with Crippen molar-refractivity contribution < 1.29 is 29.3 Å². The highest BCUT2D eigenvalue weighted by Gasteiger charge is 2.53. The van der Waals surface area contributed by atoms with Gasteiger partial charge in [0.25, 0.3) is 0 Å². The highest BCUT2D eigenvalue weighted by atomic mass is 32.1. The SMILES string of the molecule is CCC[C@H]1C(=O)C(C)(C)[C@@H](O)CC(=O)O[C@H](/C(C)=C/c2csc(C)n2)CC2OC2(C)CCC[C@H](C)[C@@H]1O. The number of carbonyl (C=O) groups is 2. The second-order valence-corrected chi connectivity index (χ2v) is 12.9. The van der Waals surface area contributed by atoms with Gasteiger partial charge in [0, 0.05) is 17.7 Å². The molecule has 0 amide bonds. The molecule has 3 rings (SSSR count). The zero-order valence-electron chi connectivity index (χ0n) is 23.5. The number of esters is 1. The molecule has 1 aromatic rings. The molecular formula is C29H45NO6S. The van der Waals surface area contributed by atoms with Crippen molar-refractivity contribution in [2.75, 3.05) is 0 Å². The van der Waals surface area contributed by atoms with Crippen molar-refractivity contribution >= 4 is 29.2 Å². The average Bonchev–Trinajstić information content (AvgIpc) is 3.27. The molecule has 8 heteroatoms. The van der Waals surface area contributed by atoms with Crippen LogP contribution in [-0.2, 0) is 19.1 Å². The van der Waals surface area contributed by atoms with Crippen LogP contribution in [0, 0.1) is 24.2 Å². The number of epoxide rings is 1. The van der Waals surface area contributed by atoms with E-state index in [0.29, 0.717) is 12.8 Å². The molecule has 1 aromatic heterocycles. The topological polar surface area (TPSA) is 109 Å². The Bertz CT molecular complexity index is 987. The van der Waals surface area contributed by atoms with Crippen LogP contribution in [0.1, 0.15) is 97.2 Å². The summed E-state index contributed by atoms with van der Waals surface area (Å²) in [5.74, 6) is -1.42. The van der Waals surface area contributed by atoms with E-state index in [0.717, 1.165) is 42.0 Å². The summed E-state index contributed by atoms with van der Waals surface area (Å²) in [5, 5.41) is 25.1. The Labute approximate surface area is 225 Å². The quantitative estimate of drug-likeness (QED) is 0.400. The summed E-state index contributed by atoms with van der Waals surface area (Å²) >= 11 is 1.56. The summed E-state index contributed by atoms with van der Waals surface area (Å²) < 4.78 is 12.0. The minimum Gasteiger partial charge on any atom is -0.458 e. The van der Waals surface area contributed by atoms with Crippen LogP contribution in [0.3, 0.4) is 0 Å². The van der Waals surface area contributed by atoms with Gasteiger partial charge in [-0.3, -0.25) is 9.59 Å². The van der Waals surface area contributed by atoms with Gasteiger partial charge in [-0.2, -0.15) is 0 Å². The Balaban J connectivity index is 1.88. The van der Waals surface area contributed by atoms with Gasteiger partial charge < -0.3 is 19.7 Å². The first-order chi connectivity index (χ1) is 17.3. The van der Waals surface area contributed by atoms with E-state index in [9.17, 15) is 19.8 Å². The molecule has 0 saturated carbocycles. The highest BCUT2D eigenvalue weighted by molar-refractivity contribution is 7.09. The Morgan fingerprint density at radius 2 is 1.97 bits per heavy atom. The van der Waals surface area contributed by atoms with Gasteiger partial charge in [0.15, 0.2) is 0 Å². The number of ether oxygens (including phenoxy) is 2. The van der Waals surface area contributed by atoms with Gasteiger partial charge in [0.2, 0.25) is 0 Å². The van der Waals surface area contributed by atoms with E-state index in [1.165, 1.54) is 0 Å². The summed E-state index contributed by atoms with van der Waals surface area (Å²) in [6.45, 7) is 13.2. The fraction of sp³-hybridized carbons (Fsp3) is 0.759. The molecule has 7 nitrogen and oxygen atoms in total. The lowest BCUT2D eigenvalue weighted by Gasteiger charge is -2.36. The zero-order chi connectivity index (χ0) is 27.5. The van der Waals surface area contributed by atoms with Crippen LogP contribution in [0.2, 0.25) is 0 Å². The van der Waals surface area contributed by atoms with Gasteiger partial charge in [0.1, 0.15) is 11.9 Å². The van der Waals surface area contributed by atoms with Gasteiger partial charge in [0.05, 0.1) is 46.5 Å². The molecule has 7 atom stereocenters. The number of thiazole rings is 1. The molecule has 2 aliphatic rings. The van der Waals surface area contributed by atoms with E-state index in [1.807, 2.05) is 39.2 Å². The average molecular weight is 536 g/mol. The Kier molecular flexibility index (Phi) is 9.76. The molecule has 0 spiro atoms. The smallest absolute Gasteiger partial charge is 0.309 e. The van der Waals surface area contributed by atoms with E-state index < -0.39 is 35.6 Å². The second kappa shape index (κ2) is 12.1. The molecule has 0 aliphatic carbocycles. The van der Waals surface area contributed by atoms with E-state index >= 15 is 0 Å². The number of Topliss-reactive ketones (excluding diaryl/α,β-unsaturated/α-hetero) is 1. The predicted molar refractivity (Wildman–Crippen MR) is 145 cm³/mol. The lowest BCUT2D eigenvalue weighted by atomic mass is 9.71. The monoisotopic (exact) mass is 535 g/mol. The van der Waals surface area contributed by atoms with Crippen LogP contribution in [0.15, 0.2) is 11.0 Å². The number of aryl methyl sites for hydroxylation is 1. The molecule has 2 N–H and O–H groups in total. The Morgan fingerprint density at radius 1 is 1.27 bits per heavy atom. The Hall–Kier alpha value is -1.61. The van der Waals surface area contributed by atoms with Crippen LogP contribution >= 0.6 is 11.3 Å². The molecular weight excluding hydrogens is 490 g/mol. The third kappa shape index (κ3) is 7.28. The summed E-state index contributed by atoms with van der Waals surface area (Å²) in [7, 11) is 0. The largest absolute Gasteiger partial charge is 0.458 e. The molecule has 0 bridgehead atoms. The minimum atomic E-state index is -1.23. The fourth-order valence-electron chi connectivity index (χ4n) is 5.47. The third-order valence-corrected chi connectivity index (χ3v) is 9.14. The van der Waals surface area contributed by atoms with E-state index in [2.05, 4.69) is 11.9 Å². The van der Waals surface area contributed by atoms with Crippen molar-refractivity contribution in [1.29, 1.82) is 0 Å². The first kappa shape index (κ1) is 29.9. The lowest BCUT2D eigenvalue weighted by Crippen LogP contribution is -2.46. The molecule has 2 unspecified atom stereocenters. The van der Waals surface area contributed by atoms with Crippen LogP contribution in [0.25, 0.3) is 6.08 Å². The summed E-state index contributed by atoms with van der Waals surface area (Å²) in [6.07, 6.45) is 3.32. The van der Waals surface area contributed by atoms with Crippen molar-refractivity contribution in [3.05, 3.63) is 21.7 Å². The molecule has 0 aromatic carbocycles. The van der Waals surface area contributed by atoms with Crippen molar-refractivity contribution in [2.45, 2.75) is 123 Å². The zero-order valence-corrected chi connectivity index (χ0v) is 24.3. The number of hydrogen-bond donors (Lipinski definition) is 2. The Morgan fingerprint density at radius 3 is 2.59 bits per heavy atom. The maximum Gasteiger partial charge on any atom is 0.309 e. The van der Waals surface area contributed by atoms with Gasteiger partial charge in [-0.1, -0.05) is 40.5 Å². The van der Waals surface area contributed by atoms with Crippen LogP contribution in [-0.4, -0.2) is 57.0 Å². The maximum absolute atomic E-state index is 13.6. The number of fused-ring (bicyclic) bond motifs is 1. The minimum absolute atomic E-state index is 0.0465. The summed E-state index contributed by atoms with van der Waals surface area (Å²) in [5.41, 5.74) is 0.184. The summed E-state index contributed by atoms with van der Waals surface area (Å²) in [6, 6.07) is 0. The maximum atomic E-state index is 13.6. The first-order valence-electron chi connectivity index (χ1n) is 13.7. The standard InChI is InChI=1S/C29H45NO6S/c1-8-10-21-26(33)17(2)11-9-12-29(7)24(36-29)14-22(18(3)13-20-16-37-19(4)30-20)35-25(32)15-23(31)28(5,6)27(21)34/h13,16-17,21-24,26,31,33H,8-12,14-15H2,1-7H3/b18-13+/t17-,21+,22-,23-,24?,26-,29?/m0/s1. The van der Waals surface area contributed by atoms with Crippen LogP contribution in [0.5, 0.6) is 0 Å². The highest BCUT2D eigenvalue weighted by Crippen LogP contribution is 2.45. The summed E-state index contributed by atoms with van der Waals surface area (Å²) in [4.78, 5) is 31.2. The van der Waals surface area contributed by atoms with Crippen molar-refractivity contribution in [3.63, 3.8) is 0 Å². The molecule has 2 fully saturated rings. The van der Waals surface area contributed by atoms with Crippen molar-refractivity contribution in [2.24, 2.45) is 17.3 Å². The lowest BCUT2D eigenvalue weighted by molar-refractivity contribution is -0.154. The molecule has 2 aliphatic heterocycles. The number of nitrogens with zero attached hydrogens (tertiary/aromatic N) is 1. The molecule has 208 valence electrons. The number of rotatable bonds is 4. The number of hydrogen-bond acceptors (Lipinski definition) is 8. The normalized spacial score (nSPS) is 36.1. The number of cyclic esters (lactones) is 1. The van der Waals surface area contributed by atoms with Crippen molar-refractivity contribution in [3.8, 4) is 0 Å². The van der Waals surface area contributed by atoms with Gasteiger partial charge >= 0.3 is 5.97 Å². The van der Waals surface area contributed by atoms with E-state index in [-0.39, 0.29) is 29.8 Å². The number of aliphatic hydroxyl groups excluding tert-OH is 2. The molecule has 37 heavy (non-hydrogen) atoms. The van der Waals surface area contributed by atoms with Crippen molar-refractivity contribution in [1.82, 2.24) is 4.98 Å². The third-order valence-electron chi connectivity index (χ3n) is 8.35. The second-order valence-electron chi connectivity index (χ2n) is 11.9. The molecule has 0 radical (unpaired) electrons. The predicted octanol–water partition coefficient (Wildman–Crippen LogP) is 5.26. The van der Waals surface area contributed by atoms with Gasteiger partial charge in [-0.05, 0) is 57.6 Å². The molecule has 2 saturated heterocycles. The van der Waals surface area contributed by atoms with Crippen LogP contribution < -0.4 is 0 Å². The van der Waals surface area contributed by atoms with E-state index in [1.54, 1.807) is 25.2 Å². The first-order valence-corrected chi connectivity index (χ1v) is 14.5. The number of aromatic nitrogens is 1. The number of ketones is 1. The number of carbonyl (C=O) groups excluding carboxylic acids is 2. The molecule has 3 heterocycles. The number of aliphatic hydroxyl groups is 2. The fourth-order valence-corrected chi connectivity index (χ4v) is 6.04. The van der Waals surface area contributed by atoms with Crippen LogP contribution in [0.4, 0.5) is 0 Å². The van der Waals surface area contributed by atoms with E-state index in [4.69, 9.17) is 9.47 Å². The van der Waals surface area contributed by atoms with Gasteiger partial charge in [-0.25, -0.2) is 4.98 Å². The van der Waals surface area contributed by atoms with Gasteiger partial charge in [-0.15, -0.1) is 11.3 Å².